The third kappa shape index (κ3) is 3.67. The molecule has 2 amide bonds. The van der Waals surface area contributed by atoms with Crippen molar-refractivity contribution in [1.29, 1.82) is 0 Å². The largest absolute Gasteiger partial charge is 0.497 e. The van der Waals surface area contributed by atoms with E-state index >= 15 is 0 Å². The second-order valence-corrected chi connectivity index (χ2v) is 6.90. The van der Waals surface area contributed by atoms with Gasteiger partial charge >= 0.3 is 6.03 Å². The van der Waals surface area contributed by atoms with E-state index in [2.05, 4.69) is 38.1 Å². The van der Waals surface area contributed by atoms with Crippen molar-refractivity contribution in [3.63, 3.8) is 0 Å². The normalized spacial score (nSPS) is 16.1. The van der Waals surface area contributed by atoms with Gasteiger partial charge in [0.15, 0.2) is 0 Å². The van der Waals surface area contributed by atoms with Gasteiger partial charge in [-0.2, -0.15) is 0 Å². The van der Waals surface area contributed by atoms with E-state index in [1.54, 1.807) is 14.2 Å². The van der Waals surface area contributed by atoms with E-state index in [0.717, 1.165) is 35.3 Å². The van der Waals surface area contributed by atoms with Crippen LogP contribution in [0.2, 0.25) is 0 Å². The van der Waals surface area contributed by atoms with Crippen molar-refractivity contribution in [3.8, 4) is 11.5 Å². The summed E-state index contributed by atoms with van der Waals surface area (Å²) in [6.07, 6.45) is 2.95. The van der Waals surface area contributed by atoms with Gasteiger partial charge in [0.1, 0.15) is 17.5 Å². The number of aromatic nitrogens is 1. The van der Waals surface area contributed by atoms with Gasteiger partial charge in [-0.05, 0) is 30.7 Å². The van der Waals surface area contributed by atoms with Crippen LogP contribution in [-0.2, 0) is 6.54 Å². The monoisotopic (exact) mass is 421 g/mol. The first-order valence-corrected chi connectivity index (χ1v) is 9.79. The summed E-state index contributed by atoms with van der Waals surface area (Å²) in [4.78, 5) is 14.7. The molecule has 0 spiro atoms. The Bertz CT molecular complexity index is 762. The molecule has 7 heteroatoms. The number of rotatable bonds is 6. The van der Waals surface area contributed by atoms with Crippen LogP contribution in [0.25, 0.3) is 0 Å². The van der Waals surface area contributed by atoms with Gasteiger partial charge in [0.2, 0.25) is 0 Å². The fourth-order valence-corrected chi connectivity index (χ4v) is 3.62. The minimum Gasteiger partial charge on any atom is -0.497 e. The summed E-state index contributed by atoms with van der Waals surface area (Å²) in [6, 6.07) is 9.56. The van der Waals surface area contributed by atoms with Gasteiger partial charge in [0, 0.05) is 48.5 Å². The SMILES string of the molecule is COc1ccc([C@H]2c3cccn3CCN2C(=O)NCCCBr)c(OC)c1. The Labute approximate surface area is 162 Å². The third-order valence-electron chi connectivity index (χ3n) is 4.62. The first kappa shape index (κ1) is 18.6. The zero-order valence-corrected chi connectivity index (χ0v) is 16.7. The van der Waals surface area contributed by atoms with Gasteiger partial charge in [-0.15, -0.1) is 0 Å². The lowest BCUT2D eigenvalue weighted by Gasteiger charge is -2.37. The molecule has 1 atom stereocenters. The zero-order chi connectivity index (χ0) is 18.5. The van der Waals surface area contributed by atoms with Crippen molar-refractivity contribution in [2.75, 3.05) is 32.6 Å². The second kappa shape index (κ2) is 8.49. The Kier molecular flexibility index (Phi) is 6.08. The summed E-state index contributed by atoms with van der Waals surface area (Å²) >= 11 is 3.40. The molecule has 1 aliphatic rings. The molecule has 0 bridgehead atoms. The minimum absolute atomic E-state index is 0.0544. The standard InChI is InChI=1S/C19H24BrN3O3/c1-25-14-6-7-15(17(13-14)26-2)18-16-5-3-10-22(16)11-12-23(18)19(24)21-9-4-8-20/h3,5-7,10,13,18H,4,8-9,11-12H2,1-2H3,(H,21,24)/t18-/m0/s1. The molecule has 0 saturated carbocycles. The van der Waals surface area contributed by atoms with Crippen LogP contribution in [0.5, 0.6) is 11.5 Å². The first-order chi connectivity index (χ1) is 12.7. The topological polar surface area (TPSA) is 55.7 Å². The van der Waals surface area contributed by atoms with Crippen molar-refractivity contribution in [3.05, 3.63) is 47.8 Å². The first-order valence-electron chi connectivity index (χ1n) is 8.67. The van der Waals surface area contributed by atoms with Crippen molar-refractivity contribution < 1.29 is 14.3 Å². The van der Waals surface area contributed by atoms with E-state index in [4.69, 9.17) is 9.47 Å². The van der Waals surface area contributed by atoms with Crippen LogP contribution < -0.4 is 14.8 Å². The third-order valence-corrected chi connectivity index (χ3v) is 5.18. The molecule has 6 nitrogen and oxygen atoms in total. The Balaban J connectivity index is 1.98. The number of hydrogen-bond donors (Lipinski definition) is 1. The second-order valence-electron chi connectivity index (χ2n) is 6.10. The molecule has 1 aromatic carbocycles. The molecule has 2 heterocycles. The van der Waals surface area contributed by atoms with E-state index in [-0.39, 0.29) is 12.1 Å². The quantitative estimate of drug-likeness (QED) is 0.574. The molecule has 0 saturated heterocycles. The maximum Gasteiger partial charge on any atom is 0.318 e. The number of benzene rings is 1. The number of nitrogens with one attached hydrogen (secondary N) is 1. The number of fused-ring (bicyclic) bond motifs is 1. The van der Waals surface area contributed by atoms with Crippen molar-refractivity contribution in [2.24, 2.45) is 0 Å². The molecule has 0 fully saturated rings. The van der Waals surface area contributed by atoms with E-state index in [0.29, 0.717) is 18.8 Å². The Morgan fingerprint density at radius 2 is 2.12 bits per heavy atom. The lowest BCUT2D eigenvalue weighted by atomic mass is 9.99. The van der Waals surface area contributed by atoms with Crippen LogP contribution >= 0.6 is 15.9 Å². The molecular formula is C19H24BrN3O3. The number of methoxy groups -OCH3 is 2. The molecule has 1 aromatic heterocycles. The fraction of sp³-hybridized carbons (Fsp3) is 0.421. The van der Waals surface area contributed by atoms with Gasteiger partial charge in [0.05, 0.1) is 14.2 Å². The van der Waals surface area contributed by atoms with Crippen LogP contribution in [0.1, 0.15) is 23.7 Å². The number of hydrogen-bond acceptors (Lipinski definition) is 3. The van der Waals surface area contributed by atoms with Gasteiger partial charge in [-0.1, -0.05) is 15.9 Å². The van der Waals surface area contributed by atoms with Crippen LogP contribution in [0, 0.1) is 0 Å². The van der Waals surface area contributed by atoms with Gasteiger partial charge in [-0.3, -0.25) is 0 Å². The summed E-state index contributed by atoms with van der Waals surface area (Å²) in [7, 11) is 3.27. The van der Waals surface area contributed by atoms with E-state index in [1.165, 1.54) is 0 Å². The summed E-state index contributed by atoms with van der Waals surface area (Å²) in [5.74, 6) is 1.44. The highest BCUT2D eigenvalue weighted by Gasteiger charge is 2.34. The lowest BCUT2D eigenvalue weighted by molar-refractivity contribution is 0.167. The van der Waals surface area contributed by atoms with Crippen LogP contribution in [0.4, 0.5) is 4.79 Å². The van der Waals surface area contributed by atoms with Gasteiger partial charge < -0.3 is 24.3 Å². The highest BCUT2D eigenvalue weighted by Crippen LogP contribution is 2.38. The smallest absolute Gasteiger partial charge is 0.318 e. The molecule has 3 rings (SSSR count). The Morgan fingerprint density at radius 3 is 2.85 bits per heavy atom. The number of amides is 2. The highest BCUT2D eigenvalue weighted by molar-refractivity contribution is 9.09. The maximum absolute atomic E-state index is 12.8. The van der Waals surface area contributed by atoms with E-state index in [9.17, 15) is 4.79 Å². The zero-order valence-electron chi connectivity index (χ0n) is 15.1. The van der Waals surface area contributed by atoms with Crippen LogP contribution in [0.3, 0.4) is 0 Å². The molecule has 0 unspecified atom stereocenters. The summed E-state index contributed by atoms with van der Waals surface area (Å²) in [5.41, 5.74) is 2.03. The molecule has 1 aliphatic heterocycles. The van der Waals surface area contributed by atoms with Gasteiger partial charge in [-0.25, -0.2) is 4.79 Å². The van der Waals surface area contributed by atoms with Crippen molar-refractivity contribution in [2.45, 2.75) is 19.0 Å². The van der Waals surface area contributed by atoms with Crippen molar-refractivity contribution >= 4 is 22.0 Å². The molecule has 26 heavy (non-hydrogen) atoms. The van der Waals surface area contributed by atoms with Crippen molar-refractivity contribution in [1.82, 2.24) is 14.8 Å². The number of alkyl halides is 1. The average Bonchev–Trinajstić information content (AvgIpc) is 3.15. The maximum atomic E-state index is 12.8. The molecule has 0 radical (unpaired) electrons. The number of halogens is 1. The number of carbonyl (C=O) groups is 1. The van der Waals surface area contributed by atoms with Crippen LogP contribution in [-0.4, -0.2) is 48.1 Å². The lowest BCUT2D eigenvalue weighted by Crippen LogP contribution is -2.47. The predicted octanol–water partition coefficient (Wildman–Crippen LogP) is 3.40. The molecule has 2 aromatic rings. The van der Waals surface area contributed by atoms with E-state index in [1.807, 2.05) is 29.2 Å². The molecule has 140 valence electrons. The number of ether oxygens (including phenoxy) is 2. The molecule has 1 N–H and O–H groups in total. The predicted molar refractivity (Wildman–Crippen MR) is 104 cm³/mol. The van der Waals surface area contributed by atoms with E-state index < -0.39 is 0 Å². The summed E-state index contributed by atoms with van der Waals surface area (Å²) in [5, 5.41) is 3.89. The highest BCUT2D eigenvalue weighted by atomic mass is 79.9. The summed E-state index contributed by atoms with van der Waals surface area (Å²) in [6.45, 7) is 2.07. The Hall–Kier alpha value is -2.15. The number of nitrogens with zero attached hydrogens (tertiary/aromatic N) is 2. The minimum atomic E-state index is -0.205. The van der Waals surface area contributed by atoms with Crippen LogP contribution in [0.15, 0.2) is 36.5 Å². The molecule has 0 aliphatic carbocycles. The molecular weight excluding hydrogens is 398 g/mol. The summed E-state index contributed by atoms with van der Waals surface area (Å²) < 4.78 is 13.1. The van der Waals surface area contributed by atoms with Gasteiger partial charge in [0.25, 0.3) is 0 Å². The number of carbonyl (C=O) groups excluding carboxylic acids is 1. The fourth-order valence-electron chi connectivity index (χ4n) is 3.34. The average molecular weight is 422 g/mol. The number of urea groups is 1. The Morgan fingerprint density at radius 1 is 1.27 bits per heavy atom.